The molecule has 1 aromatic rings. The maximum absolute atomic E-state index is 12.7. The molecule has 2 saturated heterocycles. The summed E-state index contributed by atoms with van der Waals surface area (Å²) in [5.41, 5.74) is 1.03. The van der Waals surface area contributed by atoms with Gasteiger partial charge in [-0.3, -0.25) is 9.59 Å². The molecule has 5 nitrogen and oxygen atoms in total. The summed E-state index contributed by atoms with van der Waals surface area (Å²) in [7, 11) is 0. The maximum atomic E-state index is 12.7. The Balaban J connectivity index is 1.64. The first-order valence-electron chi connectivity index (χ1n) is 8.59. The quantitative estimate of drug-likeness (QED) is 0.854. The molecule has 4 atom stereocenters. The van der Waals surface area contributed by atoms with Crippen LogP contribution in [0.4, 0.5) is 0 Å². The molecular weight excluding hydrogens is 326 g/mol. The number of amides is 2. The lowest BCUT2D eigenvalue weighted by Gasteiger charge is -2.36. The lowest BCUT2D eigenvalue weighted by molar-refractivity contribution is -0.148. The van der Waals surface area contributed by atoms with Crippen LogP contribution < -0.4 is 10.6 Å². The van der Waals surface area contributed by atoms with Gasteiger partial charge in [-0.15, -0.1) is 0 Å². The van der Waals surface area contributed by atoms with Crippen molar-refractivity contribution in [2.75, 3.05) is 6.54 Å². The Labute approximate surface area is 147 Å². The van der Waals surface area contributed by atoms with E-state index >= 15 is 0 Å². The summed E-state index contributed by atoms with van der Waals surface area (Å²) in [6.45, 7) is 5.25. The van der Waals surface area contributed by atoms with Crippen LogP contribution in [0.5, 0.6) is 0 Å². The second-order valence-electron chi connectivity index (χ2n) is 6.78. The first-order valence-corrected chi connectivity index (χ1v) is 8.96. The van der Waals surface area contributed by atoms with Crippen molar-refractivity contribution in [3.63, 3.8) is 0 Å². The van der Waals surface area contributed by atoms with Gasteiger partial charge in [0.05, 0.1) is 0 Å². The van der Waals surface area contributed by atoms with E-state index in [0.29, 0.717) is 19.5 Å². The van der Waals surface area contributed by atoms with Gasteiger partial charge in [0.15, 0.2) is 0 Å². The largest absolute Gasteiger partial charge is 0.342 e. The second-order valence-corrected chi connectivity index (χ2v) is 7.19. The molecule has 0 bridgehead atoms. The second kappa shape index (κ2) is 7.11. The van der Waals surface area contributed by atoms with Gasteiger partial charge in [-0.2, -0.15) is 0 Å². The van der Waals surface area contributed by atoms with Gasteiger partial charge in [0.25, 0.3) is 0 Å². The van der Waals surface area contributed by atoms with Crippen LogP contribution in [0, 0.1) is 5.92 Å². The molecule has 1 aromatic carbocycles. The van der Waals surface area contributed by atoms with Crippen molar-refractivity contribution < 1.29 is 9.59 Å². The van der Waals surface area contributed by atoms with Crippen LogP contribution in [-0.4, -0.2) is 41.4 Å². The number of rotatable bonds is 5. The normalized spacial score (nSPS) is 27.8. The third-order valence-corrected chi connectivity index (χ3v) is 5.57. The Hall–Kier alpha value is -1.59. The number of nitrogens with one attached hydrogen (secondary N) is 2. The highest BCUT2D eigenvalue weighted by atomic mass is 35.5. The zero-order chi connectivity index (χ0) is 17.3. The molecule has 2 N–H and O–H groups in total. The Bertz CT molecular complexity index is 636. The third kappa shape index (κ3) is 3.28. The van der Waals surface area contributed by atoms with Crippen LogP contribution in [-0.2, 0) is 16.1 Å². The van der Waals surface area contributed by atoms with E-state index in [9.17, 15) is 9.59 Å². The van der Waals surface area contributed by atoms with Crippen molar-refractivity contribution >= 4 is 23.4 Å². The summed E-state index contributed by atoms with van der Waals surface area (Å²) in [5, 5.41) is 7.08. The minimum atomic E-state index is -0.388. The van der Waals surface area contributed by atoms with Crippen LogP contribution in [0.15, 0.2) is 24.3 Å². The number of halogens is 1. The summed E-state index contributed by atoms with van der Waals surface area (Å²) < 4.78 is 0. The minimum absolute atomic E-state index is 0.0260. The zero-order valence-electron chi connectivity index (χ0n) is 14.1. The van der Waals surface area contributed by atoms with Crippen molar-refractivity contribution in [1.29, 1.82) is 0 Å². The number of nitrogens with zero attached hydrogens (tertiary/aromatic N) is 1. The molecule has 2 amide bonds. The number of fused-ring (bicyclic) bond motifs is 1. The number of benzene rings is 1. The van der Waals surface area contributed by atoms with Crippen molar-refractivity contribution in [3.8, 4) is 0 Å². The van der Waals surface area contributed by atoms with E-state index in [1.807, 2.05) is 38.1 Å². The van der Waals surface area contributed by atoms with E-state index in [0.717, 1.165) is 17.0 Å². The number of hydrogen-bond donors (Lipinski definition) is 2. The molecule has 3 rings (SSSR count). The topological polar surface area (TPSA) is 61.4 Å². The highest BCUT2D eigenvalue weighted by molar-refractivity contribution is 6.31. The minimum Gasteiger partial charge on any atom is -0.342 e. The fourth-order valence-corrected chi connectivity index (χ4v) is 3.69. The van der Waals surface area contributed by atoms with Crippen LogP contribution in [0.3, 0.4) is 0 Å². The molecule has 0 spiro atoms. The van der Waals surface area contributed by atoms with E-state index in [-0.39, 0.29) is 35.9 Å². The molecule has 130 valence electrons. The fourth-order valence-electron chi connectivity index (χ4n) is 3.48. The monoisotopic (exact) mass is 349 g/mol. The lowest BCUT2D eigenvalue weighted by atomic mass is 9.95. The van der Waals surface area contributed by atoms with Crippen LogP contribution >= 0.6 is 11.6 Å². The van der Waals surface area contributed by atoms with Gasteiger partial charge in [-0.25, -0.2) is 0 Å². The molecule has 0 aromatic heterocycles. The molecule has 2 aliphatic heterocycles. The summed E-state index contributed by atoms with van der Waals surface area (Å²) in [5.74, 6) is 0.176. The molecule has 24 heavy (non-hydrogen) atoms. The van der Waals surface area contributed by atoms with E-state index in [2.05, 4.69) is 10.6 Å². The van der Waals surface area contributed by atoms with Gasteiger partial charge in [0.1, 0.15) is 12.1 Å². The van der Waals surface area contributed by atoms with E-state index < -0.39 is 0 Å². The molecule has 6 heteroatoms. The predicted molar refractivity (Wildman–Crippen MR) is 93.6 cm³/mol. The van der Waals surface area contributed by atoms with Crippen molar-refractivity contribution in [1.82, 2.24) is 15.5 Å². The van der Waals surface area contributed by atoms with Crippen molar-refractivity contribution in [3.05, 3.63) is 34.9 Å². The summed E-state index contributed by atoms with van der Waals surface area (Å²) in [6.07, 6.45) is 1.51. The third-order valence-electron chi connectivity index (χ3n) is 5.20. The van der Waals surface area contributed by atoms with Gasteiger partial charge in [0.2, 0.25) is 11.8 Å². The molecule has 0 unspecified atom stereocenters. The first kappa shape index (κ1) is 17.2. The van der Waals surface area contributed by atoms with Crippen LogP contribution in [0.25, 0.3) is 0 Å². The molecule has 0 saturated carbocycles. The average Bonchev–Trinajstić information content (AvgIpc) is 3.02. The van der Waals surface area contributed by atoms with Gasteiger partial charge in [-0.1, -0.05) is 50.1 Å². The zero-order valence-corrected chi connectivity index (χ0v) is 14.8. The Morgan fingerprint density at radius 1 is 1.38 bits per heavy atom. The molecule has 2 fully saturated rings. The fraction of sp³-hybridized carbons (Fsp3) is 0.556. The highest BCUT2D eigenvalue weighted by Gasteiger charge is 2.47. The standard InChI is InChI=1S/C18H24ClN3O2/c1-3-11(2)16-18(24)22-10-13(8-15(22)17(23)21-16)20-9-12-6-4-5-7-14(12)19/h4-7,11,13,15-16,20H,3,8-10H2,1-2H3,(H,21,23)/t11-,13-,15-,16-/m0/s1. The predicted octanol–water partition coefficient (Wildman–Crippen LogP) is 1.94. The summed E-state index contributed by atoms with van der Waals surface area (Å²) >= 11 is 6.18. The lowest BCUT2D eigenvalue weighted by Crippen LogP contribution is -2.62. The number of carbonyl (C=O) groups excluding carboxylic acids is 2. The van der Waals surface area contributed by atoms with E-state index in [1.165, 1.54) is 0 Å². The molecule has 2 heterocycles. The van der Waals surface area contributed by atoms with Crippen molar-refractivity contribution in [2.24, 2.45) is 5.92 Å². The first-order chi connectivity index (χ1) is 11.5. The Morgan fingerprint density at radius 3 is 2.83 bits per heavy atom. The molecular formula is C18H24ClN3O2. The SMILES string of the molecule is CC[C@H](C)[C@@H]1NC(=O)[C@@H]2C[C@H](NCc3ccccc3Cl)CN2C1=O. The van der Waals surface area contributed by atoms with Crippen molar-refractivity contribution in [2.45, 2.75) is 51.4 Å². The van der Waals surface area contributed by atoms with Gasteiger partial charge in [0, 0.05) is 24.2 Å². The van der Waals surface area contributed by atoms with Crippen LogP contribution in [0.2, 0.25) is 5.02 Å². The number of hydrogen-bond acceptors (Lipinski definition) is 3. The summed E-state index contributed by atoms with van der Waals surface area (Å²) in [6, 6.07) is 7.08. The smallest absolute Gasteiger partial charge is 0.246 e. The maximum Gasteiger partial charge on any atom is 0.246 e. The number of carbonyl (C=O) groups is 2. The Kier molecular flexibility index (Phi) is 5.11. The summed E-state index contributed by atoms with van der Waals surface area (Å²) in [4.78, 5) is 26.8. The molecule has 0 aliphatic carbocycles. The molecule has 2 aliphatic rings. The van der Waals surface area contributed by atoms with Gasteiger partial charge >= 0.3 is 0 Å². The van der Waals surface area contributed by atoms with Crippen LogP contribution in [0.1, 0.15) is 32.3 Å². The van der Waals surface area contributed by atoms with E-state index in [1.54, 1.807) is 4.90 Å². The Morgan fingerprint density at radius 2 is 2.12 bits per heavy atom. The highest BCUT2D eigenvalue weighted by Crippen LogP contribution is 2.26. The van der Waals surface area contributed by atoms with Gasteiger partial charge < -0.3 is 15.5 Å². The molecule has 0 radical (unpaired) electrons. The van der Waals surface area contributed by atoms with E-state index in [4.69, 9.17) is 11.6 Å². The average molecular weight is 350 g/mol. The number of piperazine rings is 1. The van der Waals surface area contributed by atoms with Gasteiger partial charge in [-0.05, 0) is 24.0 Å².